The van der Waals surface area contributed by atoms with E-state index in [2.05, 4.69) is 15.6 Å². The average molecular weight is 478 g/mol. The van der Waals surface area contributed by atoms with Crippen molar-refractivity contribution in [2.45, 2.75) is 36.5 Å². The van der Waals surface area contributed by atoms with Crippen LogP contribution >= 0.6 is 11.6 Å². The summed E-state index contributed by atoms with van der Waals surface area (Å²) in [6.07, 6.45) is 2.41. The molecule has 1 fully saturated rings. The number of hydrogen-bond acceptors (Lipinski definition) is 6. The minimum atomic E-state index is -3.85. The number of aryl methyl sites for hydroxylation is 1. The summed E-state index contributed by atoms with van der Waals surface area (Å²) >= 11 is 6.47. The van der Waals surface area contributed by atoms with Gasteiger partial charge in [-0.3, -0.25) is 4.79 Å². The summed E-state index contributed by atoms with van der Waals surface area (Å²) in [7, 11) is -3.85. The molecule has 2 aromatic carbocycles. The Labute approximate surface area is 191 Å². The number of nitrogens with zero attached hydrogens (tertiary/aromatic N) is 1. The van der Waals surface area contributed by atoms with Crippen molar-refractivity contribution in [1.29, 1.82) is 0 Å². The normalized spacial score (nSPS) is 16.2. The Morgan fingerprint density at radius 1 is 1.19 bits per heavy atom. The van der Waals surface area contributed by atoms with Gasteiger partial charge in [-0.25, -0.2) is 8.42 Å². The van der Waals surface area contributed by atoms with Crippen molar-refractivity contribution in [2.75, 3.05) is 18.4 Å². The Morgan fingerprint density at radius 2 is 1.94 bits per heavy atom. The van der Waals surface area contributed by atoms with Gasteiger partial charge in [-0.15, -0.1) is 0 Å². The van der Waals surface area contributed by atoms with Crippen LogP contribution < -0.4 is 26.8 Å². The number of halogens is 1. The molecule has 1 aliphatic heterocycles. The number of ether oxygens (including phenoxy) is 1. The number of carbonyl (C=O) groups is 1. The van der Waals surface area contributed by atoms with Crippen LogP contribution in [-0.4, -0.2) is 39.4 Å². The van der Waals surface area contributed by atoms with Crippen LogP contribution in [0.15, 0.2) is 34.2 Å². The second kappa shape index (κ2) is 8.61. The minimum Gasteiger partial charge on any atom is -0.454 e. The molecule has 0 unspecified atom stereocenters. The van der Waals surface area contributed by atoms with Crippen LogP contribution in [0.3, 0.4) is 0 Å². The molecule has 1 amide bonds. The number of guanidine groups is 1. The zero-order valence-electron chi connectivity index (χ0n) is 17.4. The van der Waals surface area contributed by atoms with E-state index in [1.807, 2.05) is 0 Å². The van der Waals surface area contributed by atoms with Gasteiger partial charge >= 0.3 is 0 Å². The van der Waals surface area contributed by atoms with Crippen LogP contribution in [-0.2, 0) is 15.6 Å². The number of nitrogens with one attached hydrogen (secondary N) is 2. The number of fused-ring (bicyclic) bond motifs is 2. The van der Waals surface area contributed by atoms with Gasteiger partial charge in [0.25, 0.3) is 5.91 Å². The summed E-state index contributed by atoms with van der Waals surface area (Å²) in [5.41, 5.74) is 12.2. The van der Waals surface area contributed by atoms with Gasteiger partial charge in [0.15, 0.2) is 15.8 Å². The van der Waals surface area contributed by atoms with E-state index in [1.54, 1.807) is 19.1 Å². The molecule has 1 saturated carbocycles. The summed E-state index contributed by atoms with van der Waals surface area (Å²) in [5, 5.41) is 6.96. The highest BCUT2D eigenvalue weighted by molar-refractivity contribution is 7.90. The maximum atomic E-state index is 13.2. The third-order valence-corrected chi connectivity index (χ3v) is 7.13. The number of anilines is 1. The van der Waals surface area contributed by atoms with Crippen LogP contribution in [0.2, 0.25) is 5.02 Å². The maximum Gasteiger partial charge on any atom is 0.280 e. The van der Waals surface area contributed by atoms with Gasteiger partial charge in [0.2, 0.25) is 0 Å². The van der Waals surface area contributed by atoms with E-state index in [9.17, 15) is 13.2 Å². The maximum absolute atomic E-state index is 13.2. The van der Waals surface area contributed by atoms with Crippen molar-refractivity contribution in [2.24, 2.45) is 16.5 Å². The molecule has 0 atom stereocenters. The number of nitrogens with two attached hydrogens (primary N) is 2. The van der Waals surface area contributed by atoms with Gasteiger partial charge in [-0.1, -0.05) is 11.6 Å². The van der Waals surface area contributed by atoms with E-state index in [0.29, 0.717) is 34.4 Å². The standard InChI is InChI=1S/C21H24ClN5O4S/c1-11-6-12(20(28)27-21(23)24)8-17-18(11)31-19-13(10-32(17,29)30)7-15(9-16(19)22)26-5-4-25-14-2-3-14/h6-9,14,25-26H,2-5,10H2,1H3,(H4,23,24,27,28). The smallest absolute Gasteiger partial charge is 0.280 e. The summed E-state index contributed by atoms with van der Waals surface area (Å²) in [4.78, 5) is 15.6. The molecule has 6 N–H and O–H groups in total. The fourth-order valence-corrected chi connectivity index (χ4v) is 5.39. The molecule has 2 aliphatic rings. The topological polar surface area (TPSA) is 149 Å². The lowest BCUT2D eigenvalue weighted by molar-refractivity contribution is 0.100. The monoisotopic (exact) mass is 477 g/mol. The molecule has 0 saturated heterocycles. The molecule has 11 heteroatoms. The number of rotatable bonds is 6. The van der Waals surface area contributed by atoms with Crippen molar-refractivity contribution in [3.05, 3.63) is 46.0 Å². The number of amides is 1. The van der Waals surface area contributed by atoms with Crippen molar-refractivity contribution < 1.29 is 17.9 Å². The second-order valence-electron chi connectivity index (χ2n) is 7.92. The second-order valence-corrected chi connectivity index (χ2v) is 10.3. The molecule has 4 rings (SSSR count). The minimum absolute atomic E-state index is 0.0457. The van der Waals surface area contributed by atoms with Crippen LogP contribution in [0.4, 0.5) is 5.69 Å². The van der Waals surface area contributed by atoms with E-state index < -0.39 is 21.7 Å². The van der Waals surface area contributed by atoms with E-state index >= 15 is 0 Å². The molecule has 2 aromatic rings. The van der Waals surface area contributed by atoms with E-state index in [0.717, 1.165) is 6.54 Å². The Bertz CT molecular complexity index is 1220. The average Bonchev–Trinajstić information content (AvgIpc) is 3.52. The number of hydrogen-bond donors (Lipinski definition) is 4. The summed E-state index contributed by atoms with van der Waals surface area (Å²) in [6, 6.07) is 6.75. The van der Waals surface area contributed by atoms with Crippen molar-refractivity contribution in [1.82, 2.24) is 5.32 Å². The molecular weight excluding hydrogens is 454 g/mol. The summed E-state index contributed by atoms with van der Waals surface area (Å²) in [5.74, 6) is -1.07. The number of aliphatic imine (C=N–C) groups is 1. The third kappa shape index (κ3) is 4.82. The van der Waals surface area contributed by atoms with Crippen molar-refractivity contribution >= 4 is 39.0 Å². The first-order valence-corrected chi connectivity index (χ1v) is 12.2. The van der Waals surface area contributed by atoms with Crippen LogP contribution in [0.1, 0.15) is 34.3 Å². The van der Waals surface area contributed by atoms with Gasteiger partial charge in [-0.2, -0.15) is 4.99 Å². The van der Waals surface area contributed by atoms with Gasteiger partial charge < -0.3 is 26.8 Å². The molecule has 1 heterocycles. The summed E-state index contributed by atoms with van der Waals surface area (Å²) < 4.78 is 32.4. The van der Waals surface area contributed by atoms with Gasteiger partial charge in [-0.05, 0) is 49.6 Å². The van der Waals surface area contributed by atoms with Gasteiger partial charge in [0, 0.05) is 35.9 Å². The fraction of sp³-hybridized carbons (Fsp3) is 0.333. The highest BCUT2D eigenvalue weighted by Gasteiger charge is 2.31. The van der Waals surface area contributed by atoms with Crippen LogP contribution in [0.5, 0.6) is 11.5 Å². The number of sulfone groups is 1. The molecule has 0 spiro atoms. The fourth-order valence-electron chi connectivity index (χ4n) is 3.54. The number of carbonyl (C=O) groups excluding carboxylic acids is 1. The molecule has 0 aromatic heterocycles. The number of benzene rings is 2. The Hall–Kier alpha value is -2.82. The van der Waals surface area contributed by atoms with Crippen LogP contribution in [0.25, 0.3) is 0 Å². The molecule has 0 radical (unpaired) electrons. The van der Waals surface area contributed by atoms with Gasteiger partial charge in [0.1, 0.15) is 16.4 Å². The van der Waals surface area contributed by atoms with E-state index in [-0.39, 0.29) is 27.7 Å². The van der Waals surface area contributed by atoms with Gasteiger partial charge in [0.05, 0.1) is 10.8 Å². The Balaban J connectivity index is 1.67. The third-order valence-electron chi connectivity index (χ3n) is 5.19. The quantitative estimate of drug-likeness (QED) is 0.281. The van der Waals surface area contributed by atoms with E-state index in [4.69, 9.17) is 27.8 Å². The predicted molar refractivity (Wildman–Crippen MR) is 123 cm³/mol. The highest BCUT2D eigenvalue weighted by atomic mass is 35.5. The molecular formula is C21H24ClN5O4S. The SMILES string of the molecule is Cc1cc(C(=O)N=C(N)N)cc2c1Oc1c(Cl)cc(NCCNC3CC3)cc1CS2(=O)=O. The van der Waals surface area contributed by atoms with Crippen molar-refractivity contribution in [3.63, 3.8) is 0 Å². The first-order chi connectivity index (χ1) is 15.1. The molecule has 9 nitrogen and oxygen atoms in total. The Kier molecular flexibility index (Phi) is 6.02. The Morgan fingerprint density at radius 3 is 2.62 bits per heavy atom. The van der Waals surface area contributed by atoms with E-state index in [1.165, 1.54) is 25.0 Å². The first kappa shape index (κ1) is 22.4. The lowest BCUT2D eigenvalue weighted by atomic mass is 10.1. The van der Waals surface area contributed by atoms with Crippen LogP contribution in [0, 0.1) is 6.92 Å². The molecule has 32 heavy (non-hydrogen) atoms. The molecule has 170 valence electrons. The zero-order chi connectivity index (χ0) is 23.0. The first-order valence-electron chi connectivity index (χ1n) is 10.1. The highest BCUT2D eigenvalue weighted by Crippen LogP contribution is 2.44. The zero-order valence-corrected chi connectivity index (χ0v) is 19.0. The predicted octanol–water partition coefficient (Wildman–Crippen LogP) is 2.31. The molecule has 0 bridgehead atoms. The molecule has 1 aliphatic carbocycles. The lowest BCUT2D eigenvalue weighted by Crippen LogP contribution is -2.24. The lowest BCUT2D eigenvalue weighted by Gasteiger charge is -2.15. The largest absolute Gasteiger partial charge is 0.454 e. The van der Waals surface area contributed by atoms with Crippen molar-refractivity contribution in [3.8, 4) is 11.5 Å². The summed E-state index contributed by atoms with van der Waals surface area (Å²) in [6.45, 7) is 3.11.